The number of hydrogen-bond donors (Lipinski definition) is 1. The number of carbonyl (C=O) groups excluding carboxylic acids is 2. The predicted octanol–water partition coefficient (Wildman–Crippen LogP) is 4.33. The number of hydrogen-bond acceptors (Lipinski definition) is 5. The first-order valence-electron chi connectivity index (χ1n) is 9.09. The summed E-state index contributed by atoms with van der Waals surface area (Å²) in [4.78, 5) is 24.1. The number of rotatable bonds is 10. The highest BCUT2D eigenvalue weighted by atomic mass is 19.3. The van der Waals surface area contributed by atoms with Gasteiger partial charge in [0.05, 0.1) is 12.3 Å². The van der Waals surface area contributed by atoms with Gasteiger partial charge in [-0.1, -0.05) is 24.3 Å². The van der Waals surface area contributed by atoms with Crippen LogP contribution in [0, 0.1) is 6.92 Å². The second kappa shape index (κ2) is 11.0. The Morgan fingerprint density at radius 3 is 2.59 bits per heavy atom. The van der Waals surface area contributed by atoms with Gasteiger partial charge in [-0.15, -0.1) is 0 Å². The summed E-state index contributed by atoms with van der Waals surface area (Å²) >= 11 is 0. The van der Waals surface area contributed by atoms with Gasteiger partial charge >= 0.3 is 12.6 Å². The second-order valence-corrected chi connectivity index (χ2v) is 6.26. The van der Waals surface area contributed by atoms with Crippen molar-refractivity contribution < 1.29 is 32.6 Å². The van der Waals surface area contributed by atoms with Crippen molar-refractivity contribution in [1.29, 1.82) is 0 Å². The third kappa shape index (κ3) is 7.77. The van der Waals surface area contributed by atoms with E-state index in [1.165, 1.54) is 25.1 Å². The number of para-hydroxylation sites is 2. The smallest absolute Gasteiger partial charge is 0.387 e. The molecule has 0 fully saturated rings. The minimum atomic E-state index is -3.02. The molecule has 6 nitrogen and oxygen atoms in total. The molecule has 0 aliphatic rings. The van der Waals surface area contributed by atoms with Crippen LogP contribution < -0.4 is 14.8 Å². The van der Waals surface area contributed by atoms with Crippen molar-refractivity contribution in [3.8, 4) is 11.5 Å². The van der Waals surface area contributed by atoms with Gasteiger partial charge in [0.1, 0.15) is 11.5 Å². The van der Waals surface area contributed by atoms with Crippen molar-refractivity contribution in [3.63, 3.8) is 0 Å². The molecule has 2 rings (SSSR count). The lowest BCUT2D eigenvalue weighted by Crippen LogP contribution is -2.30. The third-order valence-electron chi connectivity index (χ3n) is 3.82. The average molecular weight is 407 g/mol. The van der Waals surface area contributed by atoms with Gasteiger partial charge in [-0.05, 0) is 50.1 Å². The Morgan fingerprint density at radius 1 is 1.10 bits per heavy atom. The molecule has 2 aromatic carbocycles. The minimum Gasteiger partial charge on any atom is -0.494 e. The van der Waals surface area contributed by atoms with Gasteiger partial charge < -0.3 is 19.5 Å². The predicted molar refractivity (Wildman–Crippen MR) is 103 cm³/mol. The van der Waals surface area contributed by atoms with Crippen LogP contribution in [0.25, 0.3) is 0 Å². The minimum absolute atomic E-state index is 0.0623. The monoisotopic (exact) mass is 407 g/mol. The van der Waals surface area contributed by atoms with Gasteiger partial charge in [0.2, 0.25) is 0 Å². The van der Waals surface area contributed by atoms with E-state index in [9.17, 15) is 18.4 Å². The fourth-order valence-electron chi connectivity index (χ4n) is 2.42. The van der Waals surface area contributed by atoms with Crippen molar-refractivity contribution in [2.75, 3.05) is 11.9 Å². The summed E-state index contributed by atoms with van der Waals surface area (Å²) in [5.74, 6) is -0.671. The van der Waals surface area contributed by atoms with E-state index in [2.05, 4.69) is 10.1 Å². The van der Waals surface area contributed by atoms with Gasteiger partial charge in [-0.25, -0.2) is 0 Å². The van der Waals surface area contributed by atoms with E-state index in [0.717, 1.165) is 11.3 Å². The van der Waals surface area contributed by atoms with Crippen molar-refractivity contribution in [2.45, 2.75) is 39.4 Å². The summed E-state index contributed by atoms with van der Waals surface area (Å²) in [5.41, 5.74) is 1.13. The lowest BCUT2D eigenvalue weighted by Gasteiger charge is -2.15. The highest BCUT2D eigenvalue weighted by Crippen LogP contribution is 2.25. The zero-order valence-corrected chi connectivity index (χ0v) is 16.2. The molecule has 2 aromatic rings. The summed E-state index contributed by atoms with van der Waals surface area (Å²) in [6.45, 7) is 0.657. The number of halogens is 2. The molecule has 0 aliphatic heterocycles. The van der Waals surface area contributed by atoms with Crippen molar-refractivity contribution in [3.05, 3.63) is 54.1 Å². The van der Waals surface area contributed by atoms with Crippen molar-refractivity contribution >= 4 is 17.6 Å². The molecule has 0 saturated carbocycles. The van der Waals surface area contributed by atoms with Crippen LogP contribution in [0.4, 0.5) is 14.5 Å². The van der Waals surface area contributed by atoms with Crippen LogP contribution in [0.3, 0.4) is 0 Å². The molecule has 156 valence electrons. The number of aryl methyl sites for hydroxylation is 1. The van der Waals surface area contributed by atoms with Crippen LogP contribution in [0.1, 0.15) is 25.3 Å². The highest BCUT2D eigenvalue weighted by molar-refractivity contribution is 5.96. The van der Waals surface area contributed by atoms with Gasteiger partial charge in [0.25, 0.3) is 5.91 Å². The molecule has 0 bridgehead atoms. The number of benzene rings is 2. The number of amides is 1. The fourth-order valence-corrected chi connectivity index (χ4v) is 2.42. The molecule has 0 spiro atoms. The fraction of sp³-hybridized carbons (Fsp3) is 0.333. The lowest BCUT2D eigenvalue weighted by atomic mass is 10.2. The van der Waals surface area contributed by atoms with E-state index in [1.807, 2.05) is 31.2 Å². The first kappa shape index (κ1) is 22.1. The summed E-state index contributed by atoms with van der Waals surface area (Å²) < 4.78 is 39.8. The number of esters is 1. The van der Waals surface area contributed by atoms with E-state index in [-0.39, 0.29) is 17.9 Å². The first-order valence-corrected chi connectivity index (χ1v) is 9.09. The van der Waals surface area contributed by atoms with Gasteiger partial charge in [-0.3, -0.25) is 9.59 Å². The topological polar surface area (TPSA) is 73.9 Å². The van der Waals surface area contributed by atoms with Gasteiger partial charge in [0, 0.05) is 6.42 Å². The van der Waals surface area contributed by atoms with E-state index in [1.54, 1.807) is 6.07 Å². The van der Waals surface area contributed by atoms with Crippen LogP contribution in [-0.4, -0.2) is 31.2 Å². The number of carbonyl (C=O) groups is 2. The number of alkyl halides is 2. The van der Waals surface area contributed by atoms with Crippen molar-refractivity contribution in [2.24, 2.45) is 0 Å². The highest BCUT2D eigenvalue weighted by Gasteiger charge is 2.19. The van der Waals surface area contributed by atoms with Crippen LogP contribution in [0.5, 0.6) is 11.5 Å². The summed E-state index contributed by atoms with van der Waals surface area (Å²) in [5, 5.41) is 2.42. The normalized spacial score (nSPS) is 11.6. The van der Waals surface area contributed by atoms with E-state index in [0.29, 0.717) is 13.0 Å². The maximum Gasteiger partial charge on any atom is 0.387 e. The molecule has 1 amide bonds. The quantitative estimate of drug-likeness (QED) is 0.469. The Labute approximate surface area is 167 Å². The summed E-state index contributed by atoms with van der Waals surface area (Å²) in [6, 6.07) is 13.3. The summed E-state index contributed by atoms with van der Waals surface area (Å²) in [7, 11) is 0. The Kier molecular flexibility index (Phi) is 8.39. The molecular weight excluding hydrogens is 384 g/mol. The maximum atomic E-state index is 12.4. The second-order valence-electron chi connectivity index (χ2n) is 6.26. The zero-order valence-electron chi connectivity index (χ0n) is 16.2. The lowest BCUT2D eigenvalue weighted by molar-refractivity contribution is -0.153. The van der Waals surface area contributed by atoms with Crippen LogP contribution in [-0.2, 0) is 14.3 Å². The van der Waals surface area contributed by atoms with Gasteiger partial charge in [0.15, 0.2) is 6.10 Å². The van der Waals surface area contributed by atoms with E-state index < -0.39 is 24.6 Å². The van der Waals surface area contributed by atoms with Crippen LogP contribution in [0.2, 0.25) is 0 Å². The van der Waals surface area contributed by atoms with E-state index in [4.69, 9.17) is 9.47 Å². The molecule has 1 N–H and O–H groups in total. The zero-order chi connectivity index (χ0) is 21.2. The molecule has 1 atom stereocenters. The first-order chi connectivity index (χ1) is 13.8. The van der Waals surface area contributed by atoms with Crippen molar-refractivity contribution in [1.82, 2.24) is 0 Å². The molecule has 0 aromatic heterocycles. The largest absolute Gasteiger partial charge is 0.494 e. The average Bonchev–Trinajstić information content (AvgIpc) is 2.66. The molecule has 0 heterocycles. The number of anilines is 1. The van der Waals surface area contributed by atoms with Crippen LogP contribution >= 0.6 is 0 Å². The van der Waals surface area contributed by atoms with Gasteiger partial charge in [-0.2, -0.15) is 8.78 Å². The number of nitrogens with one attached hydrogen (secondary N) is 1. The molecule has 8 heteroatoms. The van der Waals surface area contributed by atoms with E-state index >= 15 is 0 Å². The van der Waals surface area contributed by atoms with Crippen LogP contribution in [0.15, 0.2) is 48.5 Å². The third-order valence-corrected chi connectivity index (χ3v) is 3.82. The molecule has 0 saturated heterocycles. The molecular formula is C21H23F2NO5. The number of ether oxygens (including phenoxy) is 3. The Morgan fingerprint density at radius 2 is 1.86 bits per heavy atom. The maximum absolute atomic E-state index is 12.4. The Balaban J connectivity index is 1.75. The SMILES string of the molecule is Cc1cccc(OCCCC(=O)OC(C)C(=O)Nc2ccccc2OC(F)F)c1. The molecule has 1 unspecified atom stereocenters. The Bertz CT molecular complexity index is 828. The standard InChI is InChI=1S/C21H23F2NO5/c1-14-7-5-8-16(13-14)27-12-6-11-19(25)28-15(2)20(26)24-17-9-3-4-10-18(17)29-21(22)23/h3-5,7-10,13,15,21H,6,11-12H2,1-2H3,(H,24,26). The Hall–Kier alpha value is -3.16. The summed E-state index contributed by atoms with van der Waals surface area (Å²) in [6.07, 6.45) is -0.597. The molecule has 0 radical (unpaired) electrons. The molecule has 0 aliphatic carbocycles. The molecule has 29 heavy (non-hydrogen) atoms.